The van der Waals surface area contributed by atoms with E-state index in [0.29, 0.717) is 23.7 Å². The maximum absolute atomic E-state index is 11.8. The third-order valence-corrected chi connectivity index (χ3v) is 2.65. The molecule has 2 heterocycles. The minimum Gasteiger partial charge on any atom is -0.460 e. The summed E-state index contributed by atoms with van der Waals surface area (Å²) in [5.41, 5.74) is 1.06. The quantitative estimate of drug-likeness (QED) is 0.709. The second-order valence-electron chi connectivity index (χ2n) is 4.19. The predicted octanol–water partition coefficient (Wildman–Crippen LogP) is 1.74. The van der Waals surface area contributed by atoms with Crippen molar-refractivity contribution in [3.63, 3.8) is 0 Å². The molecule has 0 aliphatic heterocycles. The number of H-pyrrole nitrogens is 1. The summed E-state index contributed by atoms with van der Waals surface area (Å²) in [6.07, 6.45) is 0. The fourth-order valence-electron chi connectivity index (χ4n) is 1.68. The van der Waals surface area contributed by atoms with Crippen LogP contribution in [0.25, 0.3) is 11.5 Å². The predicted molar refractivity (Wildman–Crippen MR) is 79.2 cm³/mol. The summed E-state index contributed by atoms with van der Waals surface area (Å²) in [7, 11) is 0. The Kier molecular flexibility index (Phi) is 6.27. The van der Waals surface area contributed by atoms with Crippen LogP contribution >= 0.6 is 12.4 Å². The maximum Gasteiger partial charge on any atom is 0.271 e. The molecule has 0 spiro atoms. The molecule has 0 fully saturated rings. The van der Waals surface area contributed by atoms with Gasteiger partial charge in [-0.2, -0.15) is 5.10 Å². The molecule has 7 heteroatoms. The molecular weight excluding hydrogens is 280 g/mol. The van der Waals surface area contributed by atoms with E-state index in [-0.39, 0.29) is 18.3 Å². The van der Waals surface area contributed by atoms with Crippen LogP contribution in [0.3, 0.4) is 0 Å². The molecule has 0 aromatic carbocycles. The highest BCUT2D eigenvalue weighted by Crippen LogP contribution is 2.20. The zero-order valence-electron chi connectivity index (χ0n) is 11.5. The van der Waals surface area contributed by atoms with Crippen LogP contribution in [0, 0.1) is 6.92 Å². The average molecular weight is 299 g/mol. The van der Waals surface area contributed by atoms with E-state index in [1.165, 1.54) is 0 Å². The number of hydrogen-bond donors (Lipinski definition) is 3. The van der Waals surface area contributed by atoms with Crippen molar-refractivity contribution in [1.29, 1.82) is 0 Å². The second kappa shape index (κ2) is 7.72. The van der Waals surface area contributed by atoms with Gasteiger partial charge in [-0.05, 0) is 25.6 Å². The summed E-state index contributed by atoms with van der Waals surface area (Å²) in [5.74, 6) is 1.31. The lowest BCUT2D eigenvalue weighted by molar-refractivity contribution is 0.0949. The van der Waals surface area contributed by atoms with Crippen LogP contribution in [0.4, 0.5) is 0 Å². The van der Waals surface area contributed by atoms with Gasteiger partial charge in [0.1, 0.15) is 11.5 Å². The van der Waals surface area contributed by atoms with Gasteiger partial charge < -0.3 is 15.1 Å². The van der Waals surface area contributed by atoms with Crippen LogP contribution < -0.4 is 10.6 Å². The number of hydrogen-bond acceptors (Lipinski definition) is 4. The highest BCUT2D eigenvalue weighted by atomic mass is 35.5. The van der Waals surface area contributed by atoms with Gasteiger partial charge in [0, 0.05) is 19.2 Å². The molecule has 0 bridgehead atoms. The Hall–Kier alpha value is -1.79. The second-order valence-corrected chi connectivity index (χ2v) is 4.19. The number of halogens is 1. The number of carbonyl (C=O) groups is 1. The molecule has 6 nitrogen and oxygen atoms in total. The molecule has 2 rings (SSSR count). The topological polar surface area (TPSA) is 83.0 Å². The first-order chi connectivity index (χ1) is 9.20. The van der Waals surface area contributed by atoms with E-state index in [4.69, 9.17) is 4.42 Å². The third-order valence-electron chi connectivity index (χ3n) is 2.65. The van der Waals surface area contributed by atoms with Crippen LogP contribution in [-0.2, 0) is 0 Å². The Morgan fingerprint density at radius 1 is 1.40 bits per heavy atom. The lowest BCUT2D eigenvalue weighted by Gasteiger charge is -2.02. The molecular formula is C13H19ClN4O2. The molecule has 2 aromatic rings. The molecule has 20 heavy (non-hydrogen) atoms. The Labute approximate surface area is 123 Å². The van der Waals surface area contributed by atoms with Gasteiger partial charge in [-0.1, -0.05) is 6.92 Å². The van der Waals surface area contributed by atoms with Gasteiger partial charge in [-0.3, -0.25) is 9.89 Å². The molecule has 0 aliphatic carbocycles. The lowest BCUT2D eigenvalue weighted by Crippen LogP contribution is -2.31. The summed E-state index contributed by atoms with van der Waals surface area (Å²) in [5, 5.41) is 12.7. The number of aromatic nitrogens is 2. The first kappa shape index (κ1) is 16.3. The van der Waals surface area contributed by atoms with Crippen LogP contribution in [0.2, 0.25) is 0 Å². The number of rotatable bonds is 6. The summed E-state index contributed by atoms with van der Waals surface area (Å²) in [6.45, 7) is 6.10. The minimum absolute atomic E-state index is 0. The molecule has 110 valence electrons. The number of aryl methyl sites for hydroxylation is 1. The van der Waals surface area contributed by atoms with E-state index in [9.17, 15) is 4.79 Å². The van der Waals surface area contributed by atoms with Crippen molar-refractivity contribution < 1.29 is 9.21 Å². The number of nitrogens with one attached hydrogen (secondary N) is 3. The van der Waals surface area contributed by atoms with E-state index in [2.05, 4.69) is 20.8 Å². The molecule has 0 unspecified atom stereocenters. The number of furan rings is 1. The molecule has 3 N–H and O–H groups in total. The molecule has 0 saturated carbocycles. The fourth-order valence-corrected chi connectivity index (χ4v) is 1.68. The van der Waals surface area contributed by atoms with Crippen molar-refractivity contribution in [3.05, 3.63) is 29.7 Å². The van der Waals surface area contributed by atoms with Crippen LogP contribution in [0.5, 0.6) is 0 Å². The normalized spacial score (nSPS) is 10.1. The van der Waals surface area contributed by atoms with E-state index in [1.54, 1.807) is 6.07 Å². The van der Waals surface area contributed by atoms with Crippen molar-refractivity contribution in [2.24, 2.45) is 0 Å². The summed E-state index contributed by atoms with van der Waals surface area (Å²) < 4.78 is 5.46. The molecule has 0 atom stereocenters. The zero-order chi connectivity index (χ0) is 13.7. The van der Waals surface area contributed by atoms with Crippen molar-refractivity contribution in [1.82, 2.24) is 20.8 Å². The zero-order valence-corrected chi connectivity index (χ0v) is 12.3. The standard InChI is InChI=1S/C13H18N4O2.ClH/c1-3-14-6-7-15-13(18)11-8-10(16-17-11)12-5-4-9(2)19-12;/h4-5,8,14H,3,6-7H2,1-2H3,(H,15,18)(H,16,17);1H. The smallest absolute Gasteiger partial charge is 0.271 e. The fraction of sp³-hybridized carbons (Fsp3) is 0.385. The maximum atomic E-state index is 11.8. The monoisotopic (exact) mass is 298 g/mol. The Bertz CT molecular complexity index is 550. The van der Waals surface area contributed by atoms with Crippen LogP contribution in [-0.4, -0.2) is 35.7 Å². The molecule has 0 saturated heterocycles. The Morgan fingerprint density at radius 2 is 2.20 bits per heavy atom. The van der Waals surface area contributed by atoms with Gasteiger partial charge in [0.15, 0.2) is 11.5 Å². The SMILES string of the molecule is CCNCCNC(=O)c1cc(-c2ccc(C)o2)[nH]n1.Cl. The van der Waals surface area contributed by atoms with Gasteiger partial charge in [-0.15, -0.1) is 12.4 Å². The number of aromatic amines is 1. The van der Waals surface area contributed by atoms with Gasteiger partial charge in [0.2, 0.25) is 0 Å². The lowest BCUT2D eigenvalue weighted by atomic mass is 10.3. The largest absolute Gasteiger partial charge is 0.460 e. The minimum atomic E-state index is -0.191. The highest BCUT2D eigenvalue weighted by molar-refractivity contribution is 5.93. The average Bonchev–Trinajstić information content (AvgIpc) is 3.02. The molecule has 0 radical (unpaired) electrons. The number of likely N-dealkylation sites (N-methyl/N-ethyl adjacent to an activating group) is 1. The Balaban J connectivity index is 0.00000200. The number of nitrogens with zero attached hydrogens (tertiary/aromatic N) is 1. The van der Waals surface area contributed by atoms with Gasteiger partial charge in [0.05, 0.1) is 0 Å². The van der Waals surface area contributed by atoms with Crippen LogP contribution in [0.1, 0.15) is 23.2 Å². The van der Waals surface area contributed by atoms with Crippen LogP contribution in [0.15, 0.2) is 22.6 Å². The van der Waals surface area contributed by atoms with Gasteiger partial charge in [0.25, 0.3) is 5.91 Å². The molecule has 2 aromatic heterocycles. The highest BCUT2D eigenvalue weighted by Gasteiger charge is 2.12. The van der Waals surface area contributed by atoms with E-state index in [0.717, 1.165) is 18.8 Å². The van der Waals surface area contributed by atoms with Crippen molar-refractivity contribution >= 4 is 18.3 Å². The van der Waals surface area contributed by atoms with Crippen molar-refractivity contribution in [2.45, 2.75) is 13.8 Å². The number of carbonyl (C=O) groups excluding carboxylic acids is 1. The molecule has 1 amide bonds. The van der Waals surface area contributed by atoms with E-state index >= 15 is 0 Å². The number of amides is 1. The molecule has 0 aliphatic rings. The van der Waals surface area contributed by atoms with Gasteiger partial charge >= 0.3 is 0 Å². The van der Waals surface area contributed by atoms with E-state index < -0.39 is 0 Å². The first-order valence-electron chi connectivity index (χ1n) is 6.32. The van der Waals surface area contributed by atoms with Crippen molar-refractivity contribution in [3.8, 4) is 11.5 Å². The summed E-state index contributed by atoms with van der Waals surface area (Å²) in [4.78, 5) is 11.8. The van der Waals surface area contributed by atoms with Crippen molar-refractivity contribution in [2.75, 3.05) is 19.6 Å². The van der Waals surface area contributed by atoms with E-state index in [1.807, 2.05) is 26.0 Å². The first-order valence-corrected chi connectivity index (χ1v) is 6.32. The third kappa shape index (κ3) is 4.11. The Morgan fingerprint density at radius 3 is 2.85 bits per heavy atom. The van der Waals surface area contributed by atoms with Gasteiger partial charge in [-0.25, -0.2) is 0 Å². The summed E-state index contributed by atoms with van der Waals surface area (Å²) >= 11 is 0. The summed E-state index contributed by atoms with van der Waals surface area (Å²) in [6, 6.07) is 5.39.